The van der Waals surface area contributed by atoms with Crippen molar-refractivity contribution in [2.75, 3.05) is 26.8 Å². The first-order valence-electron chi connectivity index (χ1n) is 8.03. The molecule has 0 radical (unpaired) electrons. The van der Waals surface area contributed by atoms with Gasteiger partial charge in [0.05, 0.1) is 17.7 Å². The summed E-state index contributed by atoms with van der Waals surface area (Å²) in [6.07, 6.45) is 2.52. The summed E-state index contributed by atoms with van der Waals surface area (Å²) >= 11 is 0. The molecule has 0 aliphatic carbocycles. The summed E-state index contributed by atoms with van der Waals surface area (Å²) in [6.45, 7) is 0.469. The van der Waals surface area contributed by atoms with E-state index in [1.54, 1.807) is 18.3 Å². The number of carboxylic acids is 1. The van der Waals surface area contributed by atoms with Crippen molar-refractivity contribution in [3.63, 3.8) is 0 Å². The number of aromatic nitrogens is 1. The molecule has 6 nitrogen and oxygen atoms in total. The second kappa shape index (κ2) is 6.76. The summed E-state index contributed by atoms with van der Waals surface area (Å²) < 4.78 is 19.0. The topological polar surface area (TPSA) is 79.7 Å². The second-order valence-electron chi connectivity index (χ2n) is 6.38. The Balaban J connectivity index is 1.97. The molecule has 132 valence electrons. The van der Waals surface area contributed by atoms with Crippen LogP contribution in [-0.2, 0) is 9.53 Å². The first-order chi connectivity index (χ1) is 12.0. The van der Waals surface area contributed by atoms with Gasteiger partial charge in [0.15, 0.2) is 0 Å². The number of hydrogen-bond acceptors (Lipinski definition) is 4. The molecular formula is C18H19FN2O4. The van der Waals surface area contributed by atoms with Crippen LogP contribution in [0, 0.1) is 11.2 Å². The molecule has 0 bridgehead atoms. The minimum Gasteiger partial charge on any atom is -0.481 e. The molecule has 0 spiro atoms. The maximum Gasteiger partial charge on any atom is 0.313 e. The van der Waals surface area contributed by atoms with E-state index in [1.165, 1.54) is 18.1 Å². The predicted octanol–water partition coefficient (Wildman–Crippen LogP) is 2.33. The Morgan fingerprint density at radius 1 is 1.44 bits per heavy atom. The molecule has 1 aromatic carbocycles. The normalized spacial score (nSPS) is 20.6. The summed E-state index contributed by atoms with van der Waals surface area (Å²) in [5.41, 5.74) is -0.583. The summed E-state index contributed by atoms with van der Waals surface area (Å²) in [5, 5.41) is 10.1. The molecule has 1 aliphatic heterocycles. The molecule has 1 unspecified atom stereocenters. The van der Waals surface area contributed by atoms with E-state index in [0.29, 0.717) is 30.3 Å². The number of methoxy groups -OCH3 is 1. The first kappa shape index (κ1) is 17.3. The highest BCUT2D eigenvalue weighted by molar-refractivity contribution is 6.05. The van der Waals surface area contributed by atoms with Gasteiger partial charge in [-0.2, -0.15) is 0 Å². The monoisotopic (exact) mass is 346 g/mol. The van der Waals surface area contributed by atoms with Crippen molar-refractivity contribution < 1.29 is 23.8 Å². The fraction of sp³-hybridized carbons (Fsp3) is 0.389. The van der Waals surface area contributed by atoms with Crippen LogP contribution in [-0.4, -0.2) is 53.7 Å². The lowest BCUT2D eigenvalue weighted by Crippen LogP contribution is -2.52. The van der Waals surface area contributed by atoms with Gasteiger partial charge in [-0.15, -0.1) is 0 Å². The molecule has 1 aromatic heterocycles. The van der Waals surface area contributed by atoms with E-state index in [-0.39, 0.29) is 18.7 Å². The summed E-state index contributed by atoms with van der Waals surface area (Å²) in [6, 6.07) is 5.84. The standard InChI is InChI=1S/C18H19FN2O4/c1-25-11-18(17(23)24)5-3-7-21(10-18)16(22)14-9-13(19)8-12-4-2-6-20-15(12)14/h2,4,6,8-9H,3,5,7,10-11H2,1H3,(H,23,24). The predicted molar refractivity (Wildman–Crippen MR) is 88.8 cm³/mol. The Bertz CT molecular complexity index is 822. The van der Waals surface area contributed by atoms with Gasteiger partial charge in [-0.05, 0) is 31.0 Å². The number of carbonyl (C=O) groups is 2. The quantitative estimate of drug-likeness (QED) is 0.919. The van der Waals surface area contributed by atoms with Crippen molar-refractivity contribution in [3.05, 3.63) is 41.8 Å². The largest absolute Gasteiger partial charge is 0.481 e. The number of nitrogens with zero attached hydrogens (tertiary/aromatic N) is 2. The highest BCUT2D eigenvalue weighted by Crippen LogP contribution is 2.32. The van der Waals surface area contributed by atoms with E-state index < -0.39 is 23.1 Å². The van der Waals surface area contributed by atoms with Crippen LogP contribution < -0.4 is 0 Å². The number of amides is 1. The molecule has 1 amide bonds. The average Bonchev–Trinajstić information content (AvgIpc) is 2.60. The number of piperidine rings is 1. The number of rotatable bonds is 4. The van der Waals surface area contributed by atoms with Gasteiger partial charge in [0, 0.05) is 31.8 Å². The number of benzene rings is 1. The maximum atomic E-state index is 13.9. The molecule has 0 saturated carbocycles. The number of pyridine rings is 1. The van der Waals surface area contributed by atoms with Crippen molar-refractivity contribution >= 4 is 22.8 Å². The molecular weight excluding hydrogens is 327 g/mol. The van der Waals surface area contributed by atoms with Crippen molar-refractivity contribution in [1.82, 2.24) is 9.88 Å². The molecule has 1 fully saturated rings. The fourth-order valence-corrected chi connectivity index (χ4v) is 3.42. The molecule has 1 aliphatic rings. The second-order valence-corrected chi connectivity index (χ2v) is 6.38. The van der Waals surface area contributed by atoms with Crippen molar-refractivity contribution in [3.8, 4) is 0 Å². The van der Waals surface area contributed by atoms with Crippen molar-refractivity contribution in [2.24, 2.45) is 5.41 Å². The van der Waals surface area contributed by atoms with E-state index in [4.69, 9.17) is 4.74 Å². The zero-order chi connectivity index (χ0) is 18.0. The third-order valence-corrected chi connectivity index (χ3v) is 4.64. The minimum atomic E-state index is -1.14. The number of carbonyl (C=O) groups excluding carboxylic acids is 1. The van der Waals surface area contributed by atoms with Gasteiger partial charge >= 0.3 is 5.97 Å². The number of aliphatic carboxylic acids is 1. The minimum absolute atomic E-state index is 0.0221. The third kappa shape index (κ3) is 3.19. The van der Waals surface area contributed by atoms with Gasteiger partial charge in [0.1, 0.15) is 11.2 Å². The van der Waals surface area contributed by atoms with Crippen LogP contribution in [0.3, 0.4) is 0 Å². The molecule has 2 aromatic rings. The lowest BCUT2D eigenvalue weighted by atomic mass is 9.80. The van der Waals surface area contributed by atoms with Crippen LogP contribution in [0.25, 0.3) is 10.9 Å². The smallest absolute Gasteiger partial charge is 0.313 e. The van der Waals surface area contributed by atoms with Crippen LogP contribution in [0.5, 0.6) is 0 Å². The van der Waals surface area contributed by atoms with Crippen LogP contribution in [0.15, 0.2) is 30.5 Å². The average molecular weight is 346 g/mol. The Morgan fingerprint density at radius 3 is 2.96 bits per heavy atom. The van der Waals surface area contributed by atoms with E-state index in [1.807, 2.05) is 0 Å². The third-order valence-electron chi connectivity index (χ3n) is 4.64. The summed E-state index contributed by atoms with van der Waals surface area (Å²) in [7, 11) is 1.44. The molecule has 1 atom stereocenters. The van der Waals surface area contributed by atoms with Gasteiger partial charge in [-0.3, -0.25) is 14.6 Å². The Kier molecular flexibility index (Phi) is 4.67. The molecule has 7 heteroatoms. The molecule has 1 N–H and O–H groups in total. The zero-order valence-corrected chi connectivity index (χ0v) is 13.9. The zero-order valence-electron chi connectivity index (χ0n) is 13.9. The first-order valence-corrected chi connectivity index (χ1v) is 8.03. The highest BCUT2D eigenvalue weighted by atomic mass is 19.1. The van der Waals surface area contributed by atoms with Crippen LogP contribution in [0.4, 0.5) is 4.39 Å². The van der Waals surface area contributed by atoms with Crippen molar-refractivity contribution in [1.29, 1.82) is 0 Å². The van der Waals surface area contributed by atoms with E-state index in [2.05, 4.69) is 4.98 Å². The number of halogens is 1. The van der Waals surface area contributed by atoms with Crippen LogP contribution >= 0.6 is 0 Å². The molecule has 2 heterocycles. The van der Waals surface area contributed by atoms with Crippen LogP contribution in [0.1, 0.15) is 23.2 Å². The molecule has 1 saturated heterocycles. The van der Waals surface area contributed by atoms with E-state index in [0.717, 1.165) is 6.07 Å². The van der Waals surface area contributed by atoms with Gasteiger partial charge in [-0.25, -0.2) is 4.39 Å². The SMILES string of the molecule is COCC1(C(=O)O)CCCN(C(=O)c2cc(F)cc3cccnc23)C1. The van der Waals surface area contributed by atoms with Gasteiger partial charge in [0.2, 0.25) is 0 Å². The van der Waals surface area contributed by atoms with E-state index in [9.17, 15) is 19.1 Å². The number of fused-ring (bicyclic) bond motifs is 1. The molecule has 25 heavy (non-hydrogen) atoms. The Labute approximate surface area is 144 Å². The van der Waals surface area contributed by atoms with Gasteiger partial charge < -0.3 is 14.7 Å². The number of likely N-dealkylation sites (tertiary alicyclic amines) is 1. The van der Waals surface area contributed by atoms with Crippen molar-refractivity contribution in [2.45, 2.75) is 12.8 Å². The maximum absolute atomic E-state index is 13.9. The van der Waals surface area contributed by atoms with Crippen LogP contribution in [0.2, 0.25) is 0 Å². The Hall–Kier alpha value is -2.54. The number of carboxylic acid groups (broad SMARTS) is 1. The van der Waals surface area contributed by atoms with Gasteiger partial charge in [-0.1, -0.05) is 6.07 Å². The molecule has 3 rings (SSSR count). The number of ether oxygens (including phenoxy) is 1. The lowest BCUT2D eigenvalue weighted by Gasteiger charge is -2.39. The fourth-order valence-electron chi connectivity index (χ4n) is 3.42. The van der Waals surface area contributed by atoms with E-state index >= 15 is 0 Å². The highest BCUT2D eigenvalue weighted by Gasteiger charge is 2.44. The Morgan fingerprint density at radius 2 is 2.24 bits per heavy atom. The number of hydrogen-bond donors (Lipinski definition) is 1. The summed E-state index contributed by atoms with van der Waals surface area (Å²) in [4.78, 5) is 30.4. The van der Waals surface area contributed by atoms with Gasteiger partial charge in [0.25, 0.3) is 5.91 Å². The summed E-state index contributed by atoms with van der Waals surface area (Å²) in [5.74, 6) is -1.93. The lowest BCUT2D eigenvalue weighted by molar-refractivity contribution is -0.155.